The summed E-state index contributed by atoms with van der Waals surface area (Å²) < 4.78 is 83.9. The monoisotopic (exact) mass is 466 g/mol. The minimum Gasteiger partial charge on any atom is -0.486 e. The molecule has 0 radical (unpaired) electrons. The summed E-state index contributed by atoms with van der Waals surface area (Å²) in [6.07, 6.45) is -5.46. The highest BCUT2D eigenvalue weighted by Crippen LogP contribution is 2.35. The molecule has 0 bridgehead atoms. The van der Waals surface area contributed by atoms with Gasteiger partial charge in [-0.25, -0.2) is 4.98 Å². The van der Waals surface area contributed by atoms with E-state index >= 15 is 0 Å². The van der Waals surface area contributed by atoms with Crippen molar-refractivity contribution >= 4 is 23.2 Å². The van der Waals surface area contributed by atoms with Crippen molar-refractivity contribution < 1.29 is 40.6 Å². The quantitative estimate of drug-likeness (QED) is 0.534. The maximum Gasteiger partial charge on any atom is 0.573 e. The Morgan fingerprint density at radius 3 is 2.35 bits per heavy atom. The second-order valence-electron chi connectivity index (χ2n) is 6.34. The number of carbonyl (C=O) groups is 1. The zero-order valence-electron chi connectivity index (χ0n) is 15.4. The van der Waals surface area contributed by atoms with Gasteiger partial charge in [-0.1, -0.05) is 17.7 Å². The van der Waals surface area contributed by atoms with Gasteiger partial charge in [-0.3, -0.25) is 4.79 Å². The number of carbonyl (C=O) groups excluding carboxylic acids is 1. The van der Waals surface area contributed by atoms with E-state index in [1.54, 1.807) is 6.08 Å². The number of ether oxygens (including phenoxy) is 2. The number of alkyl halides is 6. The second-order valence-corrected chi connectivity index (χ2v) is 6.75. The number of benzene rings is 1. The SMILES string of the molecule is O=C(COc1ccc(OC(F)(F)F)cc1)C1CC=CN1c1ncc(C(F)(F)F)cc1Cl. The largest absolute Gasteiger partial charge is 0.573 e. The number of ketones is 1. The third-order valence-electron chi connectivity index (χ3n) is 4.16. The average molecular weight is 467 g/mol. The fraction of sp³-hybridized carbons (Fsp3) is 0.263. The molecule has 1 aliphatic rings. The molecule has 0 saturated carbocycles. The van der Waals surface area contributed by atoms with Crippen LogP contribution in [0.25, 0.3) is 0 Å². The first kappa shape index (κ1) is 22.7. The van der Waals surface area contributed by atoms with Gasteiger partial charge in [0.15, 0.2) is 11.6 Å². The lowest BCUT2D eigenvalue weighted by atomic mass is 10.1. The molecule has 166 valence electrons. The average Bonchev–Trinajstić information content (AvgIpc) is 3.15. The maximum atomic E-state index is 12.8. The number of pyridine rings is 1. The van der Waals surface area contributed by atoms with E-state index < -0.39 is 42.3 Å². The first-order valence-corrected chi connectivity index (χ1v) is 9.01. The van der Waals surface area contributed by atoms with Crippen LogP contribution in [0.4, 0.5) is 32.2 Å². The highest BCUT2D eigenvalue weighted by atomic mass is 35.5. The summed E-state index contributed by atoms with van der Waals surface area (Å²) in [5.74, 6) is -0.764. The minimum atomic E-state index is -4.83. The van der Waals surface area contributed by atoms with Crippen LogP contribution >= 0.6 is 11.6 Å². The Bertz CT molecular complexity index is 976. The highest BCUT2D eigenvalue weighted by molar-refractivity contribution is 6.33. The van der Waals surface area contributed by atoms with Gasteiger partial charge in [0.2, 0.25) is 0 Å². The molecule has 12 heteroatoms. The fourth-order valence-electron chi connectivity index (χ4n) is 2.79. The van der Waals surface area contributed by atoms with Gasteiger partial charge in [0.25, 0.3) is 0 Å². The number of halogens is 7. The lowest BCUT2D eigenvalue weighted by Gasteiger charge is -2.25. The molecule has 0 N–H and O–H groups in total. The molecule has 0 spiro atoms. The van der Waals surface area contributed by atoms with E-state index in [1.165, 1.54) is 23.2 Å². The summed E-state index contributed by atoms with van der Waals surface area (Å²) in [6.45, 7) is -0.430. The van der Waals surface area contributed by atoms with Crippen LogP contribution in [-0.2, 0) is 11.0 Å². The molecular formula is C19H13ClF6N2O3. The van der Waals surface area contributed by atoms with Crippen LogP contribution in [0.1, 0.15) is 12.0 Å². The van der Waals surface area contributed by atoms with Crippen molar-refractivity contribution in [1.29, 1.82) is 0 Å². The first-order valence-electron chi connectivity index (χ1n) is 8.63. The van der Waals surface area contributed by atoms with Gasteiger partial charge in [0, 0.05) is 12.4 Å². The van der Waals surface area contributed by atoms with Crippen LogP contribution in [0, 0.1) is 0 Å². The predicted molar refractivity (Wildman–Crippen MR) is 97.9 cm³/mol. The van der Waals surface area contributed by atoms with Gasteiger partial charge in [0.1, 0.15) is 24.1 Å². The van der Waals surface area contributed by atoms with E-state index in [1.807, 2.05) is 0 Å². The Kier molecular flexibility index (Phi) is 6.35. The summed E-state index contributed by atoms with van der Waals surface area (Å²) in [7, 11) is 0. The van der Waals surface area contributed by atoms with Crippen molar-refractivity contribution in [3.05, 3.63) is 59.4 Å². The number of nitrogens with zero attached hydrogens (tertiary/aromatic N) is 2. The van der Waals surface area contributed by atoms with Crippen LogP contribution in [0.15, 0.2) is 48.8 Å². The Morgan fingerprint density at radius 1 is 1.13 bits per heavy atom. The summed E-state index contributed by atoms with van der Waals surface area (Å²) in [4.78, 5) is 17.6. The predicted octanol–water partition coefficient (Wildman–Crippen LogP) is 5.39. The van der Waals surface area contributed by atoms with E-state index in [4.69, 9.17) is 16.3 Å². The number of hydrogen-bond acceptors (Lipinski definition) is 5. The summed E-state index contributed by atoms with van der Waals surface area (Å²) in [5, 5.41) is -0.277. The molecule has 1 aromatic carbocycles. The summed E-state index contributed by atoms with van der Waals surface area (Å²) in [6, 6.07) is 4.37. The molecule has 1 atom stereocenters. The zero-order valence-corrected chi connectivity index (χ0v) is 16.1. The van der Waals surface area contributed by atoms with Gasteiger partial charge in [-0.2, -0.15) is 13.2 Å². The van der Waals surface area contributed by atoms with Gasteiger partial charge in [0.05, 0.1) is 10.6 Å². The highest BCUT2D eigenvalue weighted by Gasteiger charge is 2.34. The zero-order chi connectivity index (χ0) is 22.8. The number of Topliss-reactive ketones (excluding diaryl/α,β-unsaturated/α-hetero) is 1. The van der Waals surface area contributed by atoms with E-state index in [0.717, 1.165) is 18.2 Å². The van der Waals surface area contributed by atoms with Crippen LogP contribution in [0.3, 0.4) is 0 Å². The van der Waals surface area contributed by atoms with E-state index in [0.29, 0.717) is 6.20 Å². The molecule has 1 aromatic heterocycles. The molecule has 1 unspecified atom stereocenters. The second kappa shape index (κ2) is 8.66. The molecule has 0 saturated heterocycles. The molecule has 0 fully saturated rings. The number of aromatic nitrogens is 1. The molecule has 2 heterocycles. The maximum absolute atomic E-state index is 12.8. The van der Waals surface area contributed by atoms with E-state index in [-0.39, 0.29) is 23.0 Å². The van der Waals surface area contributed by atoms with Crippen molar-refractivity contribution in [2.24, 2.45) is 0 Å². The van der Waals surface area contributed by atoms with Crippen LogP contribution in [0.5, 0.6) is 11.5 Å². The Balaban J connectivity index is 1.64. The molecule has 1 aliphatic heterocycles. The van der Waals surface area contributed by atoms with Gasteiger partial charge >= 0.3 is 12.5 Å². The minimum absolute atomic E-state index is 0.0181. The summed E-state index contributed by atoms with van der Waals surface area (Å²) in [5.41, 5.74) is -1.02. The normalized spacial score (nSPS) is 16.5. The van der Waals surface area contributed by atoms with E-state index in [2.05, 4.69) is 9.72 Å². The van der Waals surface area contributed by atoms with Crippen molar-refractivity contribution in [3.63, 3.8) is 0 Å². The fourth-order valence-corrected chi connectivity index (χ4v) is 3.05. The van der Waals surface area contributed by atoms with Gasteiger partial charge in [-0.15, -0.1) is 13.2 Å². The van der Waals surface area contributed by atoms with Crippen molar-refractivity contribution in [2.45, 2.75) is 25.0 Å². The number of anilines is 1. The van der Waals surface area contributed by atoms with Crippen LogP contribution in [-0.4, -0.2) is 29.8 Å². The van der Waals surface area contributed by atoms with Crippen LogP contribution < -0.4 is 14.4 Å². The molecule has 3 rings (SSSR count). The third kappa shape index (κ3) is 5.81. The van der Waals surface area contributed by atoms with E-state index in [9.17, 15) is 31.1 Å². The molecule has 31 heavy (non-hydrogen) atoms. The van der Waals surface area contributed by atoms with Crippen LogP contribution in [0.2, 0.25) is 5.02 Å². The Hall–Kier alpha value is -2.95. The van der Waals surface area contributed by atoms with Gasteiger partial charge in [-0.05, 0) is 36.8 Å². The molecule has 2 aromatic rings. The first-order chi connectivity index (χ1) is 14.4. The molecule has 5 nitrogen and oxygen atoms in total. The number of hydrogen-bond donors (Lipinski definition) is 0. The smallest absolute Gasteiger partial charge is 0.486 e. The van der Waals surface area contributed by atoms with Crippen molar-refractivity contribution in [3.8, 4) is 11.5 Å². The molecular weight excluding hydrogens is 454 g/mol. The lowest BCUT2D eigenvalue weighted by Crippen LogP contribution is -2.38. The molecule has 0 aliphatic carbocycles. The Labute approximate surface area is 176 Å². The van der Waals surface area contributed by atoms with Gasteiger partial charge < -0.3 is 14.4 Å². The summed E-state index contributed by atoms with van der Waals surface area (Å²) >= 11 is 5.95. The lowest BCUT2D eigenvalue weighted by molar-refractivity contribution is -0.274. The van der Waals surface area contributed by atoms with Crippen molar-refractivity contribution in [1.82, 2.24) is 4.98 Å². The standard InChI is InChI=1S/C19H13ClF6N2O3/c20-14-8-11(18(21,22)23)9-27-17(14)28-7-1-2-15(28)16(29)10-30-12-3-5-13(6-4-12)31-19(24,25)26/h1,3-9,15H,2,10H2. The number of rotatable bonds is 6. The third-order valence-corrected chi connectivity index (χ3v) is 4.44. The van der Waals surface area contributed by atoms with Crippen molar-refractivity contribution in [2.75, 3.05) is 11.5 Å². The topological polar surface area (TPSA) is 51.7 Å². The molecule has 0 amide bonds. The Morgan fingerprint density at radius 2 is 1.77 bits per heavy atom.